The molecule has 5 nitrogen and oxygen atoms in total. The summed E-state index contributed by atoms with van der Waals surface area (Å²) in [7, 11) is 0. The maximum Gasteiger partial charge on any atom is 0.339 e. The number of hydrogen-bond donors (Lipinski definition) is 0. The lowest BCUT2D eigenvalue weighted by Gasteiger charge is -2.35. The Morgan fingerprint density at radius 1 is 1.08 bits per heavy atom. The molecule has 2 atom stereocenters. The van der Waals surface area contributed by atoms with E-state index in [0.717, 1.165) is 10.8 Å². The van der Waals surface area contributed by atoms with Crippen molar-refractivity contribution in [3.63, 3.8) is 0 Å². The molecule has 1 saturated heterocycles. The molecule has 1 amide bonds. The van der Waals surface area contributed by atoms with Crippen molar-refractivity contribution in [3.05, 3.63) is 48.0 Å². The highest BCUT2D eigenvalue weighted by Gasteiger charge is 2.26. The summed E-state index contributed by atoms with van der Waals surface area (Å²) in [6, 6.07) is 13.1. The zero-order chi connectivity index (χ0) is 17.1. The first-order valence-corrected chi connectivity index (χ1v) is 8.12. The Hall–Kier alpha value is -2.40. The van der Waals surface area contributed by atoms with Gasteiger partial charge in [0.25, 0.3) is 5.91 Å². The van der Waals surface area contributed by atoms with Crippen LogP contribution in [0.25, 0.3) is 10.8 Å². The summed E-state index contributed by atoms with van der Waals surface area (Å²) in [5.41, 5.74) is 0.476. The van der Waals surface area contributed by atoms with Crippen LogP contribution in [-0.4, -0.2) is 48.7 Å². The van der Waals surface area contributed by atoms with Gasteiger partial charge in [-0.05, 0) is 30.7 Å². The lowest BCUT2D eigenvalue weighted by atomic mass is 10.1. The molecule has 5 heteroatoms. The number of ether oxygens (including phenoxy) is 2. The second kappa shape index (κ2) is 7.01. The molecule has 24 heavy (non-hydrogen) atoms. The minimum atomic E-state index is -0.477. The van der Waals surface area contributed by atoms with Gasteiger partial charge in [0.1, 0.15) is 0 Å². The Morgan fingerprint density at radius 2 is 1.75 bits per heavy atom. The van der Waals surface area contributed by atoms with E-state index in [1.807, 2.05) is 50.2 Å². The number of carbonyl (C=O) groups excluding carboxylic acids is 2. The summed E-state index contributed by atoms with van der Waals surface area (Å²) in [5, 5.41) is 1.79. The predicted molar refractivity (Wildman–Crippen MR) is 90.8 cm³/mol. The average Bonchev–Trinajstić information content (AvgIpc) is 2.58. The second-order valence-electron chi connectivity index (χ2n) is 6.16. The molecule has 2 aromatic rings. The van der Waals surface area contributed by atoms with Crippen LogP contribution in [-0.2, 0) is 14.3 Å². The molecule has 0 N–H and O–H groups in total. The van der Waals surface area contributed by atoms with Crippen LogP contribution >= 0.6 is 0 Å². The van der Waals surface area contributed by atoms with Crippen molar-refractivity contribution in [1.29, 1.82) is 0 Å². The Morgan fingerprint density at radius 3 is 2.50 bits per heavy atom. The first kappa shape index (κ1) is 16.5. The molecule has 0 bridgehead atoms. The highest BCUT2D eigenvalue weighted by Crippen LogP contribution is 2.19. The van der Waals surface area contributed by atoms with Gasteiger partial charge < -0.3 is 14.4 Å². The summed E-state index contributed by atoms with van der Waals surface area (Å²) >= 11 is 0. The van der Waals surface area contributed by atoms with Crippen LogP contribution < -0.4 is 0 Å². The largest absolute Gasteiger partial charge is 0.452 e. The van der Waals surface area contributed by atoms with E-state index in [1.165, 1.54) is 0 Å². The van der Waals surface area contributed by atoms with Crippen molar-refractivity contribution in [1.82, 2.24) is 4.90 Å². The van der Waals surface area contributed by atoms with Gasteiger partial charge in [-0.25, -0.2) is 4.79 Å². The smallest absolute Gasteiger partial charge is 0.339 e. The molecule has 1 fully saturated rings. The highest BCUT2D eigenvalue weighted by atomic mass is 16.5. The minimum absolute atomic E-state index is 0.00790. The van der Waals surface area contributed by atoms with Crippen LogP contribution in [0.4, 0.5) is 0 Å². The van der Waals surface area contributed by atoms with Gasteiger partial charge in [0.2, 0.25) is 0 Å². The van der Waals surface area contributed by atoms with Crippen molar-refractivity contribution >= 4 is 22.6 Å². The Bertz CT molecular complexity index is 743. The first-order chi connectivity index (χ1) is 11.5. The summed E-state index contributed by atoms with van der Waals surface area (Å²) in [5.74, 6) is -0.667. The molecule has 2 aromatic carbocycles. The van der Waals surface area contributed by atoms with Crippen LogP contribution in [0.5, 0.6) is 0 Å². The number of esters is 1. The molecule has 0 saturated carbocycles. The standard InChI is InChI=1S/C19H21NO4/c1-13-10-20(11-14(2)24-13)18(21)12-23-19(22)17-9-5-7-15-6-3-4-8-16(15)17/h3-9,13-14H,10-12H2,1-2H3/t13-,14-/m1/s1. The molecular formula is C19H21NO4. The molecule has 0 aliphatic carbocycles. The third-order valence-corrected chi connectivity index (χ3v) is 4.11. The van der Waals surface area contributed by atoms with Gasteiger partial charge >= 0.3 is 5.97 Å². The van der Waals surface area contributed by atoms with Crippen molar-refractivity contribution in [2.45, 2.75) is 26.1 Å². The number of benzene rings is 2. The number of amides is 1. The van der Waals surface area contributed by atoms with E-state index in [9.17, 15) is 9.59 Å². The number of carbonyl (C=O) groups is 2. The third kappa shape index (κ3) is 3.57. The SMILES string of the molecule is C[C@@H]1CN(C(=O)COC(=O)c2cccc3ccccc23)C[C@@H](C)O1. The van der Waals surface area contributed by atoms with Gasteiger partial charge in [-0.1, -0.05) is 36.4 Å². The number of morpholine rings is 1. The summed E-state index contributed by atoms with van der Waals surface area (Å²) in [6.07, 6.45) is -0.0158. The van der Waals surface area contributed by atoms with E-state index < -0.39 is 5.97 Å². The van der Waals surface area contributed by atoms with Crippen LogP contribution in [0.1, 0.15) is 24.2 Å². The molecule has 126 valence electrons. The number of rotatable bonds is 3. The molecular weight excluding hydrogens is 306 g/mol. The zero-order valence-corrected chi connectivity index (χ0v) is 13.9. The fraction of sp³-hybridized carbons (Fsp3) is 0.368. The predicted octanol–water partition coefficient (Wildman–Crippen LogP) is 2.63. The summed E-state index contributed by atoms with van der Waals surface area (Å²) in [4.78, 5) is 26.3. The maximum atomic E-state index is 12.4. The Kier molecular flexibility index (Phi) is 4.81. The number of nitrogens with zero attached hydrogens (tertiary/aromatic N) is 1. The lowest BCUT2D eigenvalue weighted by Crippen LogP contribution is -2.49. The fourth-order valence-electron chi connectivity index (χ4n) is 3.08. The zero-order valence-electron chi connectivity index (χ0n) is 13.9. The lowest BCUT2D eigenvalue weighted by molar-refractivity contribution is -0.146. The van der Waals surface area contributed by atoms with Gasteiger partial charge in [0.05, 0.1) is 17.8 Å². The van der Waals surface area contributed by atoms with Gasteiger partial charge in [-0.3, -0.25) is 4.79 Å². The molecule has 0 spiro atoms. The van der Waals surface area contributed by atoms with Gasteiger partial charge in [0, 0.05) is 13.1 Å². The maximum absolute atomic E-state index is 12.4. The normalized spacial score (nSPS) is 20.8. The van der Waals surface area contributed by atoms with Crippen LogP contribution in [0.3, 0.4) is 0 Å². The molecule has 3 rings (SSSR count). The quantitative estimate of drug-likeness (QED) is 0.813. The van der Waals surface area contributed by atoms with Crippen molar-refractivity contribution in [3.8, 4) is 0 Å². The van der Waals surface area contributed by atoms with Crippen molar-refractivity contribution in [2.75, 3.05) is 19.7 Å². The number of fused-ring (bicyclic) bond motifs is 1. The minimum Gasteiger partial charge on any atom is -0.452 e. The Balaban J connectivity index is 1.65. The van der Waals surface area contributed by atoms with E-state index in [-0.39, 0.29) is 24.7 Å². The summed E-state index contributed by atoms with van der Waals surface area (Å²) < 4.78 is 10.9. The molecule has 0 radical (unpaired) electrons. The van der Waals surface area contributed by atoms with Crippen LogP contribution in [0.2, 0.25) is 0 Å². The molecule has 1 aliphatic heterocycles. The van der Waals surface area contributed by atoms with Crippen LogP contribution in [0, 0.1) is 0 Å². The third-order valence-electron chi connectivity index (χ3n) is 4.11. The van der Waals surface area contributed by atoms with E-state index in [4.69, 9.17) is 9.47 Å². The fourth-order valence-corrected chi connectivity index (χ4v) is 3.08. The van der Waals surface area contributed by atoms with Gasteiger partial charge in [0.15, 0.2) is 6.61 Å². The number of hydrogen-bond acceptors (Lipinski definition) is 4. The molecule has 0 unspecified atom stereocenters. The van der Waals surface area contributed by atoms with E-state index in [1.54, 1.807) is 11.0 Å². The monoisotopic (exact) mass is 327 g/mol. The molecule has 0 aromatic heterocycles. The van der Waals surface area contributed by atoms with Crippen LogP contribution in [0.15, 0.2) is 42.5 Å². The highest BCUT2D eigenvalue weighted by molar-refractivity contribution is 6.04. The van der Waals surface area contributed by atoms with E-state index in [0.29, 0.717) is 18.7 Å². The first-order valence-electron chi connectivity index (χ1n) is 8.12. The topological polar surface area (TPSA) is 55.8 Å². The van der Waals surface area contributed by atoms with Crippen molar-refractivity contribution < 1.29 is 19.1 Å². The molecule has 1 aliphatic rings. The summed E-state index contributed by atoms with van der Waals surface area (Å²) in [6.45, 7) is 4.65. The van der Waals surface area contributed by atoms with E-state index >= 15 is 0 Å². The average molecular weight is 327 g/mol. The second-order valence-corrected chi connectivity index (χ2v) is 6.16. The van der Waals surface area contributed by atoms with Crippen molar-refractivity contribution in [2.24, 2.45) is 0 Å². The molecule has 1 heterocycles. The Labute approximate surface area is 141 Å². The van der Waals surface area contributed by atoms with Gasteiger partial charge in [-0.15, -0.1) is 0 Å². The van der Waals surface area contributed by atoms with E-state index in [2.05, 4.69) is 0 Å². The van der Waals surface area contributed by atoms with Gasteiger partial charge in [-0.2, -0.15) is 0 Å².